The minimum Gasteiger partial charge on any atom is -0.325 e. The number of amides is 1. The van der Waals surface area contributed by atoms with Gasteiger partial charge in [0.15, 0.2) is 0 Å². The number of aromatic nitrogens is 3. The van der Waals surface area contributed by atoms with Gasteiger partial charge in [-0.25, -0.2) is 4.98 Å². The average Bonchev–Trinajstić information content (AvgIpc) is 2.86. The summed E-state index contributed by atoms with van der Waals surface area (Å²) in [6, 6.07) is 9.38. The summed E-state index contributed by atoms with van der Waals surface area (Å²) >= 11 is 1.32. The van der Waals surface area contributed by atoms with Crippen LogP contribution in [0, 0.1) is 0 Å². The van der Waals surface area contributed by atoms with E-state index in [0.717, 1.165) is 11.5 Å². The quantitative estimate of drug-likeness (QED) is 0.824. The molecule has 6 heteroatoms. The highest BCUT2D eigenvalue weighted by molar-refractivity contribution is 7.99. The van der Waals surface area contributed by atoms with E-state index >= 15 is 0 Å². The van der Waals surface area contributed by atoms with E-state index in [1.165, 1.54) is 11.8 Å². The summed E-state index contributed by atoms with van der Waals surface area (Å²) in [5, 5.41) is 10.3. The number of nitrogens with zero attached hydrogens (tertiary/aromatic N) is 2. The fourth-order valence-electron chi connectivity index (χ4n) is 1.43. The summed E-state index contributed by atoms with van der Waals surface area (Å²) < 4.78 is 0. The number of H-pyrrole nitrogens is 1. The molecule has 0 unspecified atom stereocenters. The van der Waals surface area contributed by atoms with Crippen LogP contribution < -0.4 is 5.32 Å². The van der Waals surface area contributed by atoms with Crippen LogP contribution in [-0.4, -0.2) is 26.8 Å². The van der Waals surface area contributed by atoms with Gasteiger partial charge in [0.25, 0.3) is 0 Å². The maximum atomic E-state index is 11.7. The first kappa shape index (κ1) is 13.6. The lowest BCUT2D eigenvalue weighted by Crippen LogP contribution is -2.13. The number of hydrogen-bond donors (Lipinski definition) is 2. The van der Waals surface area contributed by atoms with Crippen molar-refractivity contribution >= 4 is 23.4 Å². The molecule has 2 aromatic rings. The normalized spacial score (nSPS) is 10.7. The third-order valence-electron chi connectivity index (χ3n) is 2.42. The minimum atomic E-state index is -0.0629. The Balaban J connectivity index is 1.83. The number of anilines is 1. The minimum absolute atomic E-state index is 0.0629. The molecule has 0 atom stereocenters. The van der Waals surface area contributed by atoms with E-state index in [9.17, 15) is 4.79 Å². The first-order valence-corrected chi connectivity index (χ1v) is 7.03. The number of thioether (sulfide) groups is 1. The summed E-state index contributed by atoms with van der Waals surface area (Å²) in [7, 11) is 0. The zero-order valence-corrected chi connectivity index (χ0v) is 11.7. The van der Waals surface area contributed by atoms with Crippen LogP contribution in [0.3, 0.4) is 0 Å². The third-order valence-corrected chi connectivity index (χ3v) is 3.27. The fourth-order valence-corrected chi connectivity index (χ4v) is 2.03. The first-order chi connectivity index (χ1) is 9.15. The van der Waals surface area contributed by atoms with Gasteiger partial charge in [0.05, 0.1) is 5.75 Å². The molecule has 0 aliphatic heterocycles. The van der Waals surface area contributed by atoms with Crippen molar-refractivity contribution in [3.05, 3.63) is 36.2 Å². The molecule has 5 nitrogen and oxygen atoms in total. The zero-order valence-electron chi connectivity index (χ0n) is 10.9. The highest BCUT2D eigenvalue weighted by Gasteiger charge is 2.09. The molecule has 19 heavy (non-hydrogen) atoms. The molecule has 2 N–H and O–H groups in total. The van der Waals surface area contributed by atoms with Crippen molar-refractivity contribution in [3.63, 3.8) is 0 Å². The number of aromatic amines is 1. The predicted octanol–water partition coefficient (Wildman–Crippen LogP) is 2.66. The van der Waals surface area contributed by atoms with Crippen molar-refractivity contribution in [2.45, 2.75) is 24.9 Å². The lowest BCUT2D eigenvalue weighted by molar-refractivity contribution is -0.113. The summed E-state index contributed by atoms with van der Waals surface area (Å²) in [6.45, 7) is 4.08. The molecule has 0 saturated carbocycles. The van der Waals surface area contributed by atoms with Crippen molar-refractivity contribution in [2.75, 3.05) is 11.1 Å². The van der Waals surface area contributed by atoms with Crippen LogP contribution in [0.2, 0.25) is 0 Å². The maximum Gasteiger partial charge on any atom is 0.234 e. The van der Waals surface area contributed by atoms with Gasteiger partial charge in [0.1, 0.15) is 5.82 Å². The van der Waals surface area contributed by atoms with E-state index in [2.05, 4.69) is 20.5 Å². The molecular formula is C13H16N4OS. The lowest BCUT2D eigenvalue weighted by Gasteiger charge is -2.02. The van der Waals surface area contributed by atoms with Gasteiger partial charge in [0.2, 0.25) is 11.1 Å². The molecule has 0 bridgehead atoms. The largest absolute Gasteiger partial charge is 0.325 e. The Morgan fingerprint density at radius 2 is 2.11 bits per heavy atom. The Bertz CT molecular complexity index is 539. The van der Waals surface area contributed by atoms with Crippen LogP contribution >= 0.6 is 11.8 Å². The van der Waals surface area contributed by atoms with E-state index in [-0.39, 0.29) is 5.91 Å². The van der Waals surface area contributed by atoms with Crippen molar-refractivity contribution in [1.29, 1.82) is 0 Å². The summed E-state index contributed by atoms with van der Waals surface area (Å²) in [4.78, 5) is 16.0. The van der Waals surface area contributed by atoms with Crippen LogP contribution in [0.5, 0.6) is 0 Å². The van der Waals surface area contributed by atoms with Crippen molar-refractivity contribution < 1.29 is 4.79 Å². The molecule has 0 aliphatic carbocycles. The number of hydrogen-bond acceptors (Lipinski definition) is 4. The first-order valence-electron chi connectivity index (χ1n) is 6.05. The van der Waals surface area contributed by atoms with Crippen molar-refractivity contribution in [1.82, 2.24) is 15.2 Å². The zero-order chi connectivity index (χ0) is 13.7. The molecule has 0 saturated heterocycles. The Morgan fingerprint density at radius 3 is 2.74 bits per heavy atom. The van der Waals surface area contributed by atoms with Gasteiger partial charge in [0, 0.05) is 11.6 Å². The molecule has 1 aromatic carbocycles. The van der Waals surface area contributed by atoms with Crippen LogP contribution in [0.4, 0.5) is 5.69 Å². The molecule has 0 radical (unpaired) electrons. The topological polar surface area (TPSA) is 70.7 Å². The van der Waals surface area contributed by atoms with Crippen molar-refractivity contribution in [3.8, 4) is 0 Å². The van der Waals surface area contributed by atoms with Gasteiger partial charge in [-0.2, -0.15) is 0 Å². The van der Waals surface area contributed by atoms with Crippen LogP contribution in [-0.2, 0) is 4.79 Å². The third kappa shape index (κ3) is 4.10. The standard InChI is InChI=1S/C13H16N4OS/c1-9(2)12-15-13(17-16-12)19-8-11(18)14-10-6-4-3-5-7-10/h3-7,9H,8H2,1-2H3,(H,14,18)(H,15,16,17). The van der Waals surface area contributed by atoms with Gasteiger partial charge in [-0.15, -0.1) is 5.10 Å². The SMILES string of the molecule is CC(C)c1nc(SCC(=O)Nc2ccccc2)n[nH]1. The smallest absolute Gasteiger partial charge is 0.234 e. The summed E-state index contributed by atoms with van der Waals surface area (Å²) in [6.07, 6.45) is 0. The van der Waals surface area contributed by atoms with Crippen LogP contribution in [0.1, 0.15) is 25.6 Å². The number of nitrogens with one attached hydrogen (secondary N) is 2. The second-order valence-electron chi connectivity index (χ2n) is 4.36. The molecule has 2 rings (SSSR count). The number of carbonyl (C=O) groups is 1. The monoisotopic (exact) mass is 276 g/mol. The fraction of sp³-hybridized carbons (Fsp3) is 0.308. The molecule has 0 aliphatic rings. The van der Waals surface area contributed by atoms with Crippen molar-refractivity contribution in [2.24, 2.45) is 0 Å². The highest BCUT2D eigenvalue weighted by Crippen LogP contribution is 2.16. The second kappa shape index (κ2) is 6.38. The van der Waals surface area contributed by atoms with Crippen LogP contribution in [0.25, 0.3) is 0 Å². The molecule has 1 amide bonds. The molecule has 1 heterocycles. The Kier molecular flexibility index (Phi) is 4.57. The average molecular weight is 276 g/mol. The van der Waals surface area contributed by atoms with Gasteiger partial charge < -0.3 is 5.32 Å². The van der Waals surface area contributed by atoms with Crippen LogP contribution in [0.15, 0.2) is 35.5 Å². The number of para-hydroxylation sites is 1. The highest BCUT2D eigenvalue weighted by atomic mass is 32.2. The summed E-state index contributed by atoms with van der Waals surface area (Å²) in [5.41, 5.74) is 0.797. The molecule has 0 fully saturated rings. The Hall–Kier alpha value is -1.82. The van der Waals surface area contributed by atoms with E-state index in [1.807, 2.05) is 44.2 Å². The van der Waals surface area contributed by atoms with Gasteiger partial charge in [-0.3, -0.25) is 9.89 Å². The Morgan fingerprint density at radius 1 is 1.37 bits per heavy atom. The van der Waals surface area contributed by atoms with E-state index in [1.54, 1.807) is 0 Å². The molecule has 1 aromatic heterocycles. The molecule has 100 valence electrons. The van der Waals surface area contributed by atoms with E-state index in [0.29, 0.717) is 16.8 Å². The number of rotatable bonds is 5. The summed E-state index contributed by atoms with van der Waals surface area (Å²) in [5.74, 6) is 1.38. The molecule has 0 spiro atoms. The van der Waals surface area contributed by atoms with E-state index < -0.39 is 0 Å². The maximum absolute atomic E-state index is 11.7. The number of carbonyl (C=O) groups excluding carboxylic acids is 1. The lowest BCUT2D eigenvalue weighted by atomic mass is 10.2. The van der Waals surface area contributed by atoms with Gasteiger partial charge in [-0.1, -0.05) is 43.8 Å². The van der Waals surface area contributed by atoms with E-state index in [4.69, 9.17) is 0 Å². The molecular weight excluding hydrogens is 260 g/mol. The van der Waals surface area contributed by atoms with Gasteiger partial charge >= 0.3 is 0 Å². The van der Waals surface area contributed by atoms with Gasteiger partial charge in [-0.05, 0) is 12.1 Å². The second-order valence-corrected chi connectivity index (χ2v) is 5.30. The Labute approximate surface area is 116 Å². The predicted molar refractivity (Wildman–Crippen MR) is 76.3 cm³/mol. The number of benzene rings is 1.